The van der Waals surface area contributed by atoms with Crippen LogP contribution in [0.5, 0.6) is 0 Å². The Kier molecular flexibility index (Phi) is 3.84. The summed E-state index contributed by atoms with van der Waals surface area (Å²) < 4.78 is 0. The second kappa shape index (κ2) is 5.74. The van der Waals surface area contributed by atoms with Gasteiger partial charge < -0.3 is 11.1 Å². The highest BCUT2D eigenvalue weighted by Crippen LogP contribution is 2.09. The summed E-state index contributed by atoms with van der Waals surface area (Å²) in [6.07, 6.45) is 0. The van der Waals surface area contributed by atoms with Gasteiger partial charge in [-0.15, -0.1) is 0 Å². The van der Waals surface area contributed by atoms with Crippen molar-refractivity contribution in [3.05, 3.63) is 59.7 Å². The van der Waals surface area contributed by atoms with Gasteiger partial charge in [0.15, 0.2) is 0 Å². The molecule has 1 amide bonds. The van der Waals surface area contributed by atoms with Crippen LogP contribution in [0.1, 0.15) is 18.1 Å². The number of nitrogens with two attached hydrogens (primary N) is 1. The highest BCUT2D eigenvalue weighted by atomic mass is 16.1. The first-order valence-corrected chi connectivity index (χ1v) is 5.89. The Morgan fingerprint density at radius 3 is 2.37 bits per heavy atom. The van der Waals surface area contributed by atoms with Gasteiger partial charge in [-0.1, -0.05) is 17.9 Å². The van der Waals surface area contributed by atoms with Crippen molar-refractivity contribution < 1.29 is 4.79 Å². The smallest absolute Gasteiger partial charge is 0.221 e. The molecule has 3 N–H and O–H groups in total. The van der Waals surface area contributed by atoms with Crippen LogP contribution in [0.4, 0.5) is 11.4 Å². The molecule has 94 valence electrons. The van der Waals surface area contributed by atoms with Crippen LogP contribution in [0.25, 0.3) is 0 Å². The zero-order valence-electron chi connectivity index (χ0n) is 10.6. The summed E-state index contributed by atoms with van der Waals surface area (Å²) in [5.41, 5.74) is 8.92. The molecular formula is C16H14N2O. The number of amides is 1. The van der Waals surface area contributed by atoms with E-state index in [2.05, 4.69) is 17.2 Å². The van der Waals surface area contributed by atoms with Crippen molar-refractivity contribution in [2.24, 2.45) is 0 Å². The third-order valence-electron chi connectivity index (χ3n) is 2.44. The molecule has 3 nitrogen and oxygen atoms in total. The fourth-order valence-electron chi connectivity index (χ4n) is 1.60. The van der Waals surface area contributed by atoms with Gasteiger partial charge in [-0.3, -0.25) is 4.79 Å². The van der Waals surface area contributed by atoms with Crippen molar-refractivity contribution >= 4 is 17.3 Å². The molecule has 2 aromatic carbocycles. The molecule has 0 atom stereocenters. The molecule has 0 aliphatic carbocycles. The second-order valence-corrected chi connectivity index (χ2v) is 4.13. The molecule has 0 aliphatic rings. The molecule has 19 heavy (non-hydrogen) atoms. The molecule has 0 spiro atoms. The molecule has 0 aliphatic heterocycles. The third-order valence-corrected chi connectivity index (χ3v) is 2.44. The standard InChI is InChI=1S/C16H14N2O/c1-12(19)18-16-9-7-13(8-10-16)5-6-14-3-2-4-15(17)11-14/h2-4,7-11H,17H2,1H3,(H,18,19). The van der Waals surface area contributed by atoms with Crippen LogP contribution < -0.4 is 11.1 Å². The van der Waals surface area contributed by atoms with E-state index < -0.39 is 0 Å². The topological polar surface area (TPSA) is 55.1 Å². The van der Waals surface area contributed by atoms with E-state index in [0.29, 0.717) is 5.69 Å². The van der Waals surface area contributed by atoms with E-state index in [1.54, 1.807) is 0 Å². The van der Waals surface area contributed by atoms with Crippen LogP contribution in [-0.4, -0.2) is 5.91 Å². The van der Waals surface area contributed by atoms with E-state index in [1.807, 2.05) is 48.5 Å². The average molecular weight is 250 g/mol. The van der Waals surface area contributed by atoms with E-state index in [1.165, 1.54) is 6.92 Å². The number of hydrogen-bond acceptors (Lipinski definition) is 2. The minimum atomic E-state index is -0.0846. The molecule has 0 saturated carbocycles. The van der Waals surface area contributed by atoms with Gasteiger partial charge in [-0.25, -0.2) is 0 Å². The maximum atomic E-state index is 10.9. The Balaban J connectivity index is 2.14. The molecule has 0 unspecified atom stereocenters. The zero-order valence-corrected chi connectivity index (χ0v) is 10.6. The van der Waals surface area contributed by atoms with Gasteiger partial charge in [0.05, 0.1) is 0 Å². The number of nitrogens with one attached hydrogen (secondary N) is 1. The maximum Gasteiger partial charge on any atom is 0.221 e. The molecule has 3 heteroatoms. The Bertz CT molecular complexity index is 648. The maximum absolute atomic E-state index is 10.9. The first-order chi connectivity index (χ1) is 9.13. The third kappa shape index (κ3) is 3.90. The predicted molar refractivity (Wildman–Crippen MR) is 77.6 cm³/mol. The van der Waals surface area contributed by atoms with Gasteiger partial charge >= 0.3 is 0 Å². The molecule has 0 bridgehead atoms. The summed E-state index contributed by atoms with van der Waals surface area (Å²) >= 11 is 0. The van der Waals surface area contributed by atoms with E-state index in [4.69, 9.17) is 5.73 Å². The van der Waals surface area contributed by atoms with E-state index >= 15 is 0 Å². The molecule has 0 saturated heterocycles. The first kappa shape index (κ1) is 12.7. The van der Waals surface area contributed by atoms with Crippen LogP contribution >= 0.6 is 0 Å². The first-order valence-electron chi connectivity index (χ1n) is 5.89. The Morgan fingerprint density at radius 1 is 1.05 bits per heavy atom. The molecule has 2 rings (SSSR count). The number of rotatable bonds is 1. The molecular weight excluding hydrogens is 236 g/mol. The molecule has 2 aromatic rings. The number of benzene rings is 2. The number of hydrogen-bond donors (Lipinski definition) is 2. The van der Waals surface area contributed by atoms with E-state index in [9.17, 15) is 4.79 Å². The zero-order chi connectivity index (χ0) is 13.7. The van der Waals surface area contributed by atoms with Crippen molar-refractivity contribution in [1.29, 1.82) is 0 Å². The number of carbonyl (C=O) groups excluding carboxylic acids is 1. The highest BCUT2D eigenvalue weighted by molar-refractivity contribution is 5.88. The number of nitrogen functional groups attached to an aromatic ring is 1. The van der Waals surface area contributed by atoms with E-state index in [-0.39, 0.29) is 5.91 Å². The Morgan fingerprint density at radius 2 is 1.74 bits per heavy atom. The monoisotopic (exact) mass is 250 g/mol. The lowest BCUT2D eigenvalue weighted by atomic mass is 10.1. The lowest BCUT2D eigenvalue weighted by Crippen LogP contribution is -2.05. The van der Waals surface area contributed by atoms with Gasteiger partial charge in [0.25, 0.3) is 0 Å². The summed E-state index contributed by atoms with van der Waals surface area (Å²) in [6, 6.07) is 14.8. The fraction of sp³-hybridized carbons (Fsp3) is 0.0625. The van der Waals surface area contributed by atoms with Crippen molar-refractivity contribution in [2.45, 2.75) is 6.92 Å². The molecule has 0 aromatic heterocycles. The van der Waals surface area contributed by atoms with Crippen LogP contribution in [0.2, 0.25) is 0 Å². The SMILES string of the molecule is CC(=O)Nc1ccc(C#Cc2cccc(N)c2)cc1. The second-order valence-electron chi connectivity index (χ2n) is 4.13. The lowest BCUT2D eigenvalue weighted by molar-refractivity contribution is -0.114. The van der Waals surface area contributed by atoms with Crippen molar-refractivity contribution in [3.63, 3.8) is 0 Å². The normalized spacial score (nSPS) is 9.32. The summed E-state index contributed by atoms with van der Waals surface area (Å²) in [4.78, 5) is 10.9. The van der Waals surface area contributed by atoms with Gasteiger partial charge in [0, 0.05) is 29.4 Å². The summed E-state index contributed by atoms with van der Waals surface area (Å²) in [7, 11) is 0. The average Bonchev–Trinajstić information content (AvgIpc) is 2.37. The van der Waals surface area contributed by atoms with Crippen molar-refractivity contribution in [1.82, 2.24) is 0 Å². The molecule has 0 radical (unpaired) electrons. The highest BCUT2D eigenvalue weighted by Gasteiger charge is 1.94. The summed E-state index contributed by atoms with van der Waals surface area (Å²) in [5.74, 6) is 6.01. The Hall–Kier alpha value is -2.73. The molecule has 0 heterocycles. The fourth-order valence-corrected chi connectivity index (χ4v) is 1.60. The summed E-state index contributed by atoms with van der Waals surface area (Å²) in [5, 5.41) is 2.71. The van der Waals surface area contributed by atoms with Crippen molar-refractivity contribution in [2.75, 3.05) is 11.1 Å². The van der Waals surface area contributed by atoms with E-state index in [0.717, 1.165) is 16.8 Å². The van der Waals surface area contributed by atoms with Gasteiger partial charge in [0.2, 0.25) is 5.91 Å². The van der Waals surface area contributed by atoms with Crippen LogP contribution in [-0.2, 0) is 4.79 Å². The van der Waals surface area contributed by atoms with Crippen LogP contribution in [0.15, 0.2) is 48.5 Å². The summed E-state index contributed by atoms with van der Waals surface area (Å²) in [6.45, 7) is 1.48. The van der Waals surface area contributed by atoms with Gasteiger partial charge in [0.1, 0.15) is 0 Å². The van der Waals surface area contributed by atoms with Crippen molar-refractivity contribution in [3.8, 4) is 11.8 Å². The number of carbonyl (C=O) groups is 1. The largest absolute Gasteiger partial charge is 0.399 e. The Labute approximate surface area is 112 Å². The predicted octanol–water partition coefficient (Wildman–Crippen LogP) is 2.63. The minimum Gasteiger partial charge on any atom is -0.399 e. The molecule has 0 fully saturated rings. The lowest BCUT2D eigenvalue weighted by Gasteiger charge is -2.00. The number of anilines is 2. The van der Waals surface area contributed by atoms with Gasteiger partial charge in [-0.2, -0.15) is 0 Å². The van der Waals surface area contributed by atoms with Gasteiger partial charge in [-0.05, 0) is 42.5 Å². The minimum absolute atomic E-state index is 0.0846. The van der Waals surface area contributed by atoms with Crippen LogP contribution in [0, 0.1) is 11.8 Å². The quantitative estimate of drug-likeness (QED) is 0.604. The van der Waals surface area contributed by atoms with Crippen LogP contribution in [0.3, 0.4) is 0 Å².